The van der Waals surface area contributed by atoms with E-state index >= 15 is 0 Å². The smallest absolute Gasteiger partial charge is 0.257 e. The number of carbonyl (C=O) groups is 1. The lowest BCUT2D eigenvalue weighted by atomic mass is 9.83. The van der Waals surface area contributed by atoms with E-state index < -0.39 is 0 Å². The molecule has 0 N–H and O–H groups in total. The van der Waals surface area contributed by atoms with Crippen molar-refractivity contribution < 1.29 is 4.79 Å². The maximum Gasteiger partial charge on any atom is 0.257 e. The van der Waals surface area contributed by atoms with Gasteiger partial charge in [-0.05, 0) is 33.8 Å². The monoisotopic (exact) mass is 356 g/mol. The molecule has 0 aromatic carbocycles. The van der Waals surface area contributed by atoms with Crippen molar-refractivity contribution in [2.75, 3.05) is 13.1 Å². The van der Waals surface area contributed by atoms with Crippen molar-refractivity contribution in [1.29, 1.82) is 0 Å². The summed E-state index contributed by atoms with van der Waals surface area (Å²) >= 11 is 9.34. The molecule has 3 nitrogen and oxygen atoms in total. The molecular weight excluding hydrogens is 340 g/mol. The molecule has 0 saturated heterocycles. The lowest BCUT2D eigenvalue weighted by molar-refractivity contribution is 0.0764. The molecule has 0 saturated carbocycles. The van der Waals surface area contributed by atoms with E-state index in [0.29, 0.717) is 12.1 Å². The van der Waals surface area contributed by atoms with Crippen molar-refractivity contribution in [2.45, 2.75) is 27.2 Å². The number of nitrogens with zero attached hydrogens (tertiary/aromatic N) is 2. The molecule has 0 atom stereocenters. The summed E-state index contributed by atoms with van der Waals surface area (Å²) in [5.74, 6) is -0.0620. The van der Waals surface area contributed by atoms with Crippen molar-refractivity contribution in [3.63, 3.8) is 0 Å². The van der Waals surface area contributed by atoms with Gasteiger partial charge in [0, 0.05) is 23.8 Å². The molecule has 108 valence electrons. The maximum atomic E-state index is 12.5. The first-order valence-electron chi connectivity index (χ1n) is 6.59. The van der Waals surface area contributed by atoms with Crippen molar-refractivity contribution in [3.05, 3.63) is 39.1 Å². The van der Waals surface area contributed by atoms with Gasteiger partial charge in [-0.2, -0.15) is 0 Å². The normalized spacial score (nSPS) is 16.1. The van der Waals surface area contributed by atoms with Crippen LogP contribution in [-0.2, 0) is 0 Å². The molecule has 5 heteroatoms. The third kappa shape index (κ3) is 3.41. The Morgan fingerprint density at radius 3 is 2.70 bits per heavy atom. The molecule has 0 fully saturated rings. The zero-order valence-corrected chi connectivity index (χ0v) is 14.3. The summed E-state index contributed by atoms with van der Waals surface area (Å²) in [6.45, 7) is 7.96. The zero-order chi connectivity index (χ0) is 14.9. The predicted molar refractivity (Wildman–Crippen MR) is 85.0 cm³/mol. The Hall–Kier alpha value is -0.870. The van der Waals surface area contributed by atoms with Gasteiger partial charge in [-0.1, -0.05) is 44.0 Å². The molecule has 0 spiro atoms. The highest BCUT2D eigenvalue weighted by Crippen LogP contribution is 2.30. The second-order valence-corrected chi connectivity index (χ2v) is 7.25. The van der Waals surface area contributed by atoms with E-state index in [1.54, 1.807) is 12.3 Å². The Morgan fingerprint density at radius 1 is 1.45 bits per heavy atom. The van der Waals surface area contributed by atoms with Gasteiger partial charge in [-0.15, -0.1) is 0 Å². The van der Waals surface area contributed by atoms with Crippen LogP contribution in [0.3, 0.4) is 0 Å². The molecule has 1 aliphatic heterocycles. The quantitative estimate of drug-likeness (QED) is 0.554. The van der Waals surface area contributed by atoms with Crippen LogP contribution in [0.25, 0.3) is 0 Å². The maximum absolute atomic E-state index is 12.5. The summed E-state index contributed by atoms with van der Waals surface area (Å²) in [4.78, 5) is 18.3. The first kappa shape index (κ1) is 15.5. The standard InChI is InChI=1S/C15H18BrClN2O/c1-15(2,3)10-4-6-19(7-5-10)14(20)12-8-11(16)9-18-13(12)17/h4,8-9H,5-7H2,1-3H3. The lowest BCUT2D eigenvalue weighted by Crippen LogP contribution is -2.36. The van der Waals surface area contributed by atoms with Crippen LogP contribution in [0, 0.1) is 5.41 Å². The molecule has 0 radical (unpaired) electrons. The summed E-state index contributed by atoms with van der Waals surface area (Å²) in [5, 5.41) is 0.254. The van der Waals surface area contributed by atoms with Crippen molar-refractivity contribution in [2.24, 2.45) is 5.41 Å². The third-order valence-electron chi connectivity index (χ3n) is 3.50. The second kappa shape index (κ2) is 5.86. The minimum atomic E-state index is -0.0620. The van der Waals surface area contributed by atoms with Crippen LogP contribution in [0.1, 0.15) is 37.6 Å². The first-order chi connectivity index (χ1) is 9.29. The molecule has 20 heavy (non-hydrogen) atoms. The molecule has 1 amide bonds. The number of carbonyl (C=O) groups excluding carboxylic acids is 1. The number of amides is 1. The van der Waals surface area contributed by atoms with Crippen LogP contribution in [0.4, 0.5) is 0 Å². The van der Waals surface area contributed by atoms with Crippen LogP contribution in [0.5, 0.6) is 0 Å². The summed E-state index contributed by atoms with van der Waals surface area (Å²) in [6.07, 6.45) is 4.65. The van der Waals surface area contributed by atoms with Crippen LogP contribution in [0.15, 0.2) is 28.4 Å². The van der Waals surface area contributed by atoms with Gasteiger partial charge in [0.15, 0.2) is 0 Å². The number of hydrogen-bond acceptors (Lipinski definition) is 2. The molecule has 1 aromatic heterocycles. The summed E-state index contributed by atoms with van der Waals surface area (Å²) in [5.41, 5.74) is 2.03. The van der Waals surface area contributed by atoms with E-state index in [2.05, 4.69) is 47.8 Å². The number of halogens is 2. The fourth-order valence-corrected chi connectivity index (χ4v) is 2.79. The van der Waals surface area contributed by atoms with Crippen molar-refractivity contribution in [3.8, 4) is 0 Å². The zero-order valence-electron chi connectivity index (χ0n) is 11.9. The van der Waals surface area contributed by atoms with E-state index in [-0.39, 0.29) is 16.5 Å². The minimum Gasteiger partial charge on any atom is -0.335 e. The topological polar surface area (TPSA) is 33.2 Å². The van der Waals surface area contributed by atoms with E-state index in [1.165, 1.54) is 5.57 Å². The predicted octanol–water partition coefficient (Wildman–Crippen LogP) is 4.32. The molecule has 0 unspecified atom stereocenters. The van der Waals surface area contributed by atoms with Gasteiger partial charge in [0.2, 0.25) is 0 Å². The van der Waals surface area contributed by atoms with Gasteiger partial charge in [0.1, 0.15) is 5.15 Å². The molecule has 2 rings (SSSR count). The summed E-state index contributed by atoms with van der Waals surface area (Å²) in [6, 6.07) is 1.72. The van der Waals surface area contributed by atoms with Crippen LogP contribution in [0.2, 0.25) is 5.15 Å². The van der Waals surface area contributed by atoms with Gasteiger partial charge in [0.05, 0.1) is 5.56 Å². The van der Waals surface area contributed by atoms with Crippen LogP contribution >= 0.6 is 27.5 Å². The van der Waals surface area contributed by atoms with E-state index in [9.17, 15) is 4.79 Å². The van der Waals surface area contributed by atoms with Crippen LogP contribution in [-0.4, -0.2) is 28.9 Å². The first-order valence-corrected chi connectivity index (χ1v) is 7.76. The highest BCUT2D eigenvalue weighted by molar-refractivity contribution is 9.10. The summed E-state index contributed by atoms with van der Waals surface area (Å²) < 4.78 is 0.758. The lowest BCUT2D eigenvalue weighted by Gasteiger charge is -2.32. The molecule has 2 heterocycles. The number of pyridine rings is 1. The summed E-state index contributed by atoms with van der Waals surface area (Å²) in [7, 11) is 0. The molecule has 1 aromatic rings. The second-order valence-electron chi connectivity index (χ2n) is 5.97. The average Bonchev–Trinajstić information content (AvgIpc) is 2.40. The average molecular weight is 358 g/mol. The number of rotatable bonds is 1. The Morgan fingerprint density at radius 2 is 2.15 bits per heavy atom. The van der Waals surface area contributed by atoms with E-state index in [1.807, 2.05) is 4.90 Å². The molecule has 1 aliphatic rings. The van der Waals surface area contributed by atoms with Gasteiger partial charge in [0.25, 0.3) is 5.91 Å². The van der Waals surface area contributed by atoms with Crippen molar-refractivity contribution >= 4 is 33.4 Å². The van der Waals surface area contributed by atoms with Crippen molar-refractivity contribution in [1.82, 2.24) is 9.88 Å². The van der Waals surface area contributed by atoms with Gasteiger partial charge in [-0.25, -0.2) is 4.98 Å². The Labute approximate surface area is 133 Å². The minimum absolute atomic E-state index is 0.0620. The Kier molecular flexibility index (Phi) is 4.55. The van der Waals surface area contributed by atoms with Gasteiger partial charge in [-0.3, -0.25) is 4.79 Å². The van der Waals surface area contributed by atoms with Crippen LogP contribution < -0.4 is 0 Å². The highest BCUT2D eigenvalue weighted by atomic mass is 79.9. The Bertz CT molecular complexity index is 563. The fourth-order valence-electron chi connectivity index (χ4n) is 2.28. The SMILES string of the molecule is CC(C)(C)C1=CCN(C(=O)c2cc(Br)cnc2Cl)CC1. The van der Waals surface area contributed by atoms with Gasteiger partial charge < -0.3 is 4.90 Å². The van der Waals surface area contributed by atoms with E-state index in [0.717, 1.165) is 17.4 Å². The van der Waals surface area contributed by atoms with E-state index in [4.69, 9.17) is 11.6 Å². The van der Waals surface area contributed by atoms with Gasteiger partial charge >= 0.3 is 0 Å². The largest absolute Gasteiger partial charge is 0.335 e. The number of aromatic nitrogens is 1. The molecule has 0 aliphatic carbocycles. The molecular formula is C15H18BrClN2O. The third-order valence-corrected chi connectivity index (χ3v) is 4.23. The Balaban J connectivity index is 2.17. The highest BCUT2D eigenvalue weighted by Gasteiger charge is 2.25. The fraction of sp³-hybridized carbons (Fsp3) is 0.467. The molecule has 0 bridgehead atoms. The number of hydrogen-bond donors (Lipinski definition) is 0.